The highest BCUT2D eigenvalue weighted by Crippen LogP contribution is 2.42. The predicted octanol–water partition coefficient (Wildman–Crippen LogP) is 3.48. The first-order chi connectivity index (χ1) is 11.4. The number of carbonyl (C=O) groups is 2. The normalized spacial score (nSPS) is 21.1. The van der Waals surface area contributed by atoms with Gasteiger partial charge in [-0.1, -0.05) is 29.8 Å². The van der Waals surface area contributed by atoms with Crippen LogP contribution in [0.25, 0.3) is 0 Å². The number of rotatable bonds is 6. The molecule has 1 amide bonds. The van der Waals surface area contributed by atoms with Crippen LogP contribution >= 0.6 is 11.6 Å². The van der Waals surface area contributed by atoms with Crippen LogP contribution in [0.5, 0.6) is 0 Å². The van der Waals surface area contributed by atoms with Crippen molar-refractivity contribution in [2.24, 2.45) is 0 Å². The Labute approximate surface area is 149 Å². The molecular formula is C19H27ClN2O2. The van der Waals surface area contributed by atoms with Crippen molar-refractivity contribution in [2.45, 2.75) is 44.1 Å². The summed E-state index contributed by atoms with van der Waals surface area (Å²) in [6.45, 7) is 0.854. The van der Waals surface area contributed by atoms with Crippen LogP contribution in [0.3, 0.4) is 0 Å². The van der Waals surface area contributed by atoms with E-state index in [1.165, 1.54) is 0 Å². The number of hydrogen-bond acceptors (Lipinski definition) is 3. The van der Waals surface area contributed by atoms with E-state index in [1.54, 1.807) is 18.0 Å². The lowest BCUT2D eigenvalue weighted by Crippen LogP contribution is -2.54. The summed E-state index contributed by atoms with van der Waals surface area (Å²) < 4.78 is 0. The number of hydrogen-bond donors (Lipinski definition) is 0. The van der Waals surface area contributed by atoms with Crippen LogP contribution in [0.4, 0.5) is 0 Å². The third-order valence-electron chi connectivity index (χ3n) is 4.92. The lowest BCUT2D eigenvalue weighted by atomic mass is 9.74. The van der Waals surface area contributed by atoms with Gasteiger partial charge in [-0.15, -0.1) is 0 Å². The average molecular weight is 351 g/mol. The summed E-state index contributed by atoms with van der Waals surface area (Å²) in [5, 5.41) is 0.556. The molecule has 132 valence electrons. The van der Waals surface area contributed by atoms with Crippen molar-refractivity contribution < 1.29 is 9.59 Å². The second kappa shape index (κ2) is 8.13. The fourth-order valence-corrected chi connectivity index (χ4v) is 3.85. The molecule has 0 heterocycles. The number of ketones is 1. The molecule has 1 aromatic carbocycles. The van der Waals surface area contributed by atoms with Crippen molar-refractivity contribution in [3.63, 3.8) is 0 Å². The quantitative estimate of drug-likeness (QED) is 0.788. The fourth-order valence-electron chi connectivity index (χ4n) is 3.56. The highest BCUT2D eigenvalue weighted by atomic mass is 35.5. The third-order valence-corrected chi connectivity index (χ3v) is 5.25. The topological polar surface area (TPSA) is 40.6 Å². The molecule has 5 heteroatoms. The number of likely N-dealkylation sites (N-methyl/N-ethyl adjacent to an activating group) is 1. The number of nitrogens with zero attached hydrogens (tertiary/aromatic N) is 2. The Kier molecular flexibility index (Phi) is 6.41. The minimum Gasteiger partial charge on any atom is -0.329 e. The summed E-state index contributed by atoms with van der Waals surface area (Å²) in [5.41, 5.74) is -0.147. The standard InChI is InChI=1S/C19H27ClN2O2/c1-21(2)14-8-12-18(24)22(3)19(13-7-6-11-17(19)23)15-9-4-5-10-16(15)20/h4-5,9-10H,6-8,11-14H2,1-3H3/t19-/m0/s1. The SMILES string of the molecule is CN(C)CCCC(=O)N(C)[C@]1(c2ccccc2Cl)CCCCC1=O. The van der Waals surface area contributed by atoms with E-state index in [1.807, 2.05) is 32.3 Å². The molecule has 4 nitrogen and oxygen atoms in total. The van der Waals surface area contributed by atoms with Crippen LogP contribution in [0.1, 0.15) is 44.1 Å². The maximum absolute atomic E-state index is 12.9. The summed E-state index contributed by atoms with van der Waals surface area (Å²) in [7, 11) is 5.73. The predicted molar refractivity (Wildman–Crippen MR) is 97.2 cm³/mol. The molecule has 1 saturated carbocycles. The Morgan fingerprint density at radius 2 is 1.92 bits per heavy atom. The summed E-state index contributed by atoms with van der Waals surface area (Å²) >= 11 is 6.41. The third kappa shape index (κ3) is 3.81. The Bertz CT molecular complexity index is 603. The Morgan fingerprint density at radius 1 is 1.21 bits per heavy atom. The molecule has 0 radical (unpaired) electrons. The summed E-state index contributed by atoms with van der Waals surface area (Å²) in [5.74, 6) is 0.109. The molecule has 0 spiro atoms. The monoisotopic (exact) mass is 350 g/mol. The molecular weight excluding hydrogens is 324 g/mol. The van der Waals surface area contributed by atoms with Crippen LogP contribution in [0.2, 0.25) is 5.02 Å². The zero-order valence-electron chi connectivity index (χ0n) is 14.8. The number of Topliss-reactive ketones (excluding diaryl/α,β-unsaturated/α-hetero) is 1. The summed E-state index contributed by atoms with van der Waals surface area (Å²) in [4.78, 5) is 29.4. The van der Waals surface area contributed by atoms with Crippen molar-refractivity contribution >= 4 is 23.3 Å². The van der Waals surface area contributed by atoms with E-state index in [0.29, 0.717) is 24.3 Å². The number of amides is 1. The molecule has 1 aliphatic rings. The van der Waals surface area contributed by atoms with Crippen molar-refractivity contribution in [2.75, 3.05) is 27.7 Å². The molecule has 24 heavy (non-hydrogen) atoms. The van der Waals surface area contributed by atoms with E-state index in [4.69, 9.17) is 11.6 Å². The van der Waals surface area contributed by atoms with Crippen molar-refractivity contribution in [1.82, 2.24) is 9.80 Å². The second-order valence-electron chi connectivity index (χ2n) is 6.83. The molecule has 1 atom stereocenters. The van der Waals surface area contributed by atoms with Gasteiger partial charge in [0.1, 0.15) is 5.54 Å². The molecule has 1 aromatic rings. The molecule has 0 saturated heterocycles. The van der Waals surface area contributed by atoms with E-state index >= 15 is 0 Å². The first-order valence-corrected chi connectivity index (χ1v) is 8.97. The van der Waals surface area contributed by atoms with Gasteiger partial charge in [0.15, 0.2) is 5.78 Å². The zero-order chi connectivity index (χ0) is 17.7. The van der Waals surface area contributed by atoms with Gasteiger partial charge in [0.2, 0.25) is 5.91 Å². The first kappa shape index (κ1) is 18.9. The van der Waals surface area contributed by atoms with Crippen molar-refractivity contribution in [3.8, 4) is 0 Å². The van der Waals surface area contributed by atoms with E-state index in [0.717, 1.165) is 31.4 Å². The molecule has 1 fully saturated rings. The minimum atomic E-state index is -0.911. The maximum Gasteiger partial charge on any atom is 0.223 e. The van der Waals surface area contributed by atoms with Crippen LogP contribution in [-0.2, 0) is 15.1 Å². The van der Waals surface area contributed by atoms with Gasteiger partial charge < -0.3 is 9.80 Å². The Hall–Kier alpha value is -1.39. The molecule has 0 unspecified atom stereocenters. The highest BCUT2D eigenvalue weighted by Gasteiger charge is 2.47. The van der Waals surface area contributed by atoms with Crippen LogP contribution in [0.15, 0.2) is 24.3 Å². The summed E-state index contributed by atoms with van der Waals surface area (Å²) in [6.07, 6.45) is 4.17. The number of benzene rings is 1. The lowest BCUT2D eigenvalue weighted by molar-refractivity contribution is -0.148. The molecule has 0 aromatic heterocycles. The molecule has 1 aliphatic carbocycles. The lowest BCUT2D eigenvalue weighted by Gasteiger charge is -2.44. The van der Waals surface area contributed by atoms with Crippen LogP contribution in [-0.4, -0.2) is 49.2 Å². The van der Waals surface area contributed by atoms with E-state index in [-0.39, 0.29) is 11.7 Å². The van der Waals surface area contributed by atoms with Crippen LogP contribution < -0.4 is 0 Å². The van der Waals surface area contributed by atoms with E-state index in [9.17, 15) is 9.59 Å². The second-order valence-corrected chi connectivity index (χ2v) is 7.24. The highest BCUT2D eigenvalue weighted by molar-refractivity contribution is 6.31. The minimum absolute atomic E-state index is 0.00650. The maximum atomic E-state index is 12.9. The van der Waals surface area contributed by atoms with Crippen molar-refractivity contribution in [1.29, 1.82) is 0 Å². The first-order valence-electron chi connectivity index (χ1n) is 8.59. The largest absolute Gasteiger partial charge is 0.329 e. The van der Waals surface area contributed by atoms with E-state index in [2.05, 4.69) is 4.90 Å². The Morgan fingerprint density at radius 3 is 2.54 bits per heavy atom. The van der Waals surface area contributed by atoms with Crippen LogP contribution in [0, 0.1) is 0 Å². The molecule has 0 aliphatic heterocycles. The number of halogens is 1. The van der Waals surface area contributed by atoms with Gasteiger partial charge in [0, 0.05) is 30.5 Å². The van der Waals surface area contributed by atoms with Gasteiger partial charge >= 0.3 is 0 Å². The smallest absolute Gasteiger partial charge is 0.223 e. The van der Waals surface area contributed by atoms with Gasteiger partial charge in [-0.3, -0.25) is 9.59 Å². The molecule has 0 bridgehead atoms. The van der Waals surface area contributed by atoms with Gasteiger partial charge in [-0.25, -0.2) is 0 Å². The fraction of sp³-hybridized carbons (Fsp3) is 0.579. The van der Waals surface area contributed by atoms with Gasteiger partial charge in [0.25, 0.3) is 0 Å². The van der Waals surface area contributed by atoms with Gasteiger partial charge in [-0.05, 0) is 52.4 Å². The van der Waals surface area contributed by atoms with Crippen molar-refractivity contribution in [3.05, 3.63) is 34.9 Å². The van der Waals surface area contributed by atoms with E-state index < -0.39 is 5.54 Å². The molecule has 0 N–H and O–H groups in total. The van der Waals surface area contributed by atoms with Gasteiger partial charge in [0.05, 0.1) is 0 Å². The summed E-state index contributed by atoms with van der Waals surface area (Å²) in [6, 6.07) is 7.42. The average Bonchev–Trinajstić information content (AvgIpc) is 2.55. The van der Waals surface area contributed by atoms with Gasteiger partial charge in [-0.2, -0.15) is 0 Å². The molecule has 2 rings (SSSR count). The zero-order valence-corrected chi connectivity index (χ0v) is 15.6. The number of carbonyl (C=O) groups excluding carboxylic acids is 2. The Balaban J connectivity index is 2.31.